The van der Waals surface area contributed by atoms with Crippen molar-refractivity contribution in [3.8, 4) is 10.8 Å². The number of thiazole rings is 1. The second kappa shape index (κ2) is 11.2. The summed E-state index contributed by atoms with van der Waals surface area (Å²) < 4.78 is 37.2. The number of hydrogen-bond donors (Lipinski definition) is 2. The van der Waals surface area contributed by atoms with Gasteiger partial charge >= 0.3 is 0 Å². The topological polar surface area (TPSA) is 138 Å². The van der Waals surface area contributed by atoms with Crippen LogP contribution in [0.4, 0.5) is 5.13 Å². The van der Waals surface area contributed by atoms with Gasteiger partial charge < -0.3 is 15.2 Å². The van der Waals surface area contributed by atoms with Gasteiger partial charge in [0, 0.05) is 5.56 Å². The van der Waals surface area contributed by atoms with Crippen LogP contribution < -0.4 is 15.8 Å². The summed E-state index contributed by atoms with van der Waals surface area (Å²) in [4.78, 5) is 29.1. The normalized spacial score (nSPS) is 17.1. The van der Waals surface area contributed by atoms with Crippen molar-refractivity contribution < 1.29 is 27.5 Å². The molecule has 9 nitrogen and oxygen atoms in total. The summed E-state index contributed by atoms with van der Waals surface area (Å²) in [5, 5.41) is 3.31. The lowest BCUT2D eigenvalue weighted by atomic mass is 9.97. The summed E-state index contributed by atoms with van der Waals surface area (Å²) in [5.74, 6) is -0.417. The molecule has 0 bridgehead atoms. The Morgan fingerprint density at radius 3 is 2.29 bits per heavy atom. The van der Waals surface area contributed by atoms with E-state index >= 15 is 0 Å². The molecule has 2 amide bonds. The van der Waals surface area contributed by atoms with Crippen LogP contribution >= 0.6 is 11.3 Å². The highest BCUT2D eigenvalue weighted by atomic mass is 32.2. The molecule has 200 valence electrons. The van der Waals surface area contributed by atoms with Crippen molar-refractivity contribution in [3.05, 3.63) is 65.9 Å². The first-order chi connectivity index (χ1) is 18.3. The van der Waals surface area contributed by atoms with Crippen LogP contribution in [-0.4, -0.2) is 36.6 Å². The summed E-state index contributed by atoms with van der Waals surface area (Å²) >= 11 is 1.15. The van der Waals surface area contributed by atoms with Crippen molar-refractivity contribution in [2.24, 2.45) is 5.73 Å². The number of nitrogens with zero attached hydrogens (tertiary/aromatic N) is 1. The van der Waals surface area contributed by atoms with Gasteiger partial charge in [0.1, 0.15) is 5.75 Å². The maximum Gasteiger partial charge on any atom is 0.259 e. The molecular formula is C27H29N3O6S2. The molecule has 1 unspecified atom stereocenters. The third-order valence-corrected chi connectivity index (χ3v) is 9.73. The van der Waals surface area contributed by atoms with Gasteiger partial charge in [-0.05, 0) is 67.6 Å². The lowest BCUT2D eigenvalue weighted by Crippen LogP contribution is -2.28. The van der Waals surface area contributed by atoms with E-state index in [1.807, 2.05) is 0 Å². The van der Waals surface area contributed by atoms with Gasteiger partial charge in [0.25, 0.3) is 5.91 Å². The minimum atomic E-state index is -3.32. The van der Waals surface area contributed by atoms with Crippen LogP contribution in [0.15, 0.2) is 59.6 Å². The predicted octanol–water partition coefficient (Wildman–Crippen LogP) is 5.00. The molecule has 1 heterocycles. The lowest BCUT2D eigenvalue weighted by Gasteiger charge is -2.27. The van der Waals surface area contributed by atoms with Gasteiger partial charge in [0.05, 0.1) is 22.4 Å². The van der Waals surface area contributed by atoms with Crippen LogP contribution in [0.5, 0.6) is 10.8 Å². The first kappa shape index (κ1) is 26.3. The van der Waals surface area contributed by atoms with Crippen molar-refractivity contribution in [3.63, 3.8) is 0 Å². The number of sulfone groups is 1. The maximum absolute atomic E-state index is 13.4. The average Bonchev–Trinajstić information content (AvgIpc) is 3.70. The predicted molar refractivity (Wildman–Crippen MR) is 143 cm³/mol. The van der Waals surface area contributed by atoms with E-state index < -0.39 is 21.8 Å². The second-order valence-corrected chi connectivity index (χ2v) is 12.8. The Balaban J connectivity index is 1.30. The summed E-state index contributed by atoms with van der Waals surface area (Å²) in [5.41, 5.74) is 6.23. The van der Waals surface area contributed by atoms with E-state index in [2.05, 4.69) is 10.3 Å². The molecule has 2 aromatic carbocycles. The largest absolute Gasteiger partial charge is 0.445 e. The number of rotatable bonds is 10. The Labute approximate surface area is 225 Å². The third kappa shape index (κ3) is 6.23. The molecule has 2 aliphatic carbocycles. The molecule has 2 fully saturated rings. The molecule has 1 aromatic heterocycles. The zero-order valence-electron chi connectivity index (χ0n) is 20.7. The Hall–Kier alpha value is -3.28. The molecule has 0 saturated heterocycles. The Morgan fingerprint density at radius 2 is 1.66 bits per heavy atom. The number of aromatic nitrogens is 1. The lowest BCUT2D eigenvalue weighted by molar-refractivity contribution is -0.133. The number of amides is 2. The highest BCUT2D eigenvalue weighted by Crippen LogP contribution is 2.35. The first-order valence-corrected chi connectivity index (χ1v) is 15.0. The number of primary amides is 1. The van der Waals surface area contributed by atoms with Crippen molar-refractivity contribution >= 4 is 38.1 Å². The zero-order valence-corrected chi connectivity index (χ0v) is 22.3. The molecular weight excluding hydrogens is 526 g/mol. The standard InChI is InChI=1S/C27H29N3O6S2/c28-25(31)18-6-10-20(11-7-18)35-23-16-29-27(37-23)30-26(32)24(36-19-4-2-1-3-5-19)17-8-12-21(13-9-17)38(33,34)22-14-15-22/h6-13,16,19,22,24H,1-5,14-15H2,(H2,28,31)(H,29,30,32). The molecule has 1 atom stereocenters. The molecule has 0 radical (unpaired) electrons. The van der Waals surface area contributed by atoms with Gasteiger partial charge in [-0.1, -0.05) is 42.7 Å². The van der Waals surface area contributed by atoms with Crippen molar-refractivity contribution in [2.75, 3.05) is 5.32 Å². The maximum atomic E-state index is 13.4. The number of hydrogen-bond acceptors (Lipinski definition) is 8. The zero-order chi connectivity index (χ0) is 26.7. The fourth-order valence-corrected chi connectivity index (χ4v) is 6.78. The molecule has 0 aliphatic heterocycles. The minimum Gasteiger partial charge on any atom is -0.445 e. The second-order valence-electron chi connectivity index (χ2n) is 9.55. The van der Waals surface area contributed by atoms with Crippen LogP contribution in [0.25, 0.3) is 0 Å². The molecule has 2 saturated carbocycles. The number of nitrogens with one attached hydrogen (secondary N) is 1. The van der Waals surface area contributed by atoms with E-state index in [1.54, 1.807) is 48.5 Å². The molecule has 11 heteroatoms. The van der Waals surface area contributed by atoms with Gasteiger partial charge in [0.2, 0.25) is 11.0 Å². The summed E-state index contributed by atoms with van der Waals surface area (Å²) in [6.07, 6.45) is 6.92. The first-order valence-electron chi connectivity index (χ1n) is 12.6. The van der Waals surface area contributed by atoms with Crippen molar-refractivity contribution in [2.45, 2.75) is 67.3 Å². The smallest absolute Gasteiger partial charge is 0.259 e. The van der Waals surface area contributed by atoms with Crippen LogP contribution in [0.1, 0.15) is 67.0 Å². The number of carbonyl (C=O) groups excluding carboxylic acids is 2. The minimum absolute atomic E-state index is 0.0482. The van der Waals surface area contributed by atoms with Gasteiger partial charge in [-0.3, -0.25) is 14.9 Å². The van der Waals surface area contributed by atoms with Gasteiger partial charge in [-0.15, -0.1) is 0 Å². The van der Waals surface area contributed by atoms with E-state index in [-0.39, 0.29) is 22.2 Å². The number of carbonyl (C=O) groups is 2. The Morgan fingerprint density at radius 1 is 0.974 bits per heavy atom. The molecule has 3 N–H and O–H groups in total. The van der Waals surface area contributed by atoms with Crippen molar-refractivity contribution in [1.82, 2.24) is 4.98 Å². The fourth-order valence-electron chi connectivity index (χ4n) is 4.43. The monoisotopic (exact) mass is 555 g/mol. The van der Waals surface area contributed by atoms with Crippen LogP contribution in [0.2, 0.25) is 0 Å². The summed E-state index contributed by atoms with van der Waals surface area (Å²) in [6.45, 7) is 0. The highest BCUT2D eigenvalue weighted by molar-refractivity contribution is 7.92. The summed E-state index contributed by atoms with van der Waals surface area (Å²) in [7, 11) is -3.32. The van der Waals surface area contributed by atoms with Crippen LogP contribution in [-0.2, 0) is 19.4 Å². The van der Waals surface area contributed by atoms with Gasteiger partial charge in [-0.25, -0.2) is 13.4 Å². The molecule has 5 rings (SSSR count). The van der Waals surface area contributed by atoms with Crippen molar-refractivity contribution in [1.29, 1.82) is 0 Å². The van der Waals surface area contributed by atoms with E-state index in [1.165, 1.54) is 6.20 Å². The molecule has 38 heavy (non-hydrogen) atoms. The SMILES string of the molecule is NC(=O)c1ccc(Oc2cnc(NC(=O)C(OC3CCCCC3)c3ccc(S(=O)(=O)C4CC4)cc3)s2)cc1. The quantitative estimate of drug-likeness (QED) is 0.359. The third-order valence-electron chi connectivity index (χ3n) is 6.67. The van der Waals surface area contributed by atoms with Gasteiger partial charge in [-0.2, -0.15) is 0 Å². The number of nitrogens with two attached hydrogens (primary N) is 1. The van der Waals surface area contributed by atoms with Crippen LogP contribution in [0.3, 0.4) is 0 Å². The molecule has 3 aromatic rings. The van der Waals surface area contributed by atoms with Gasteiger partial charge in [0.15, 0.2) is 21.1 Å². The molecule has 2 aliphatic rings. The number of anilines is 1. The fraction of sp³-hybridized carbons (Fsp3) is 0.370. The van der Waals surface area contributed by atoms with E-state index in [0.717, 1.165) is 43.4 Å². The van der Waals surface area contributed by atoms with E-state index in [9.17, 15) is 18.0 Å². The average molecular weight is 556 g/mol. The number of ether oxygens (including phenoxy) is 2. The molecule has 0 spiro atoms. The van der Waals surface area contributed by atoms with Crippen LogP contribution in [0, 0.1) is 0 Å². The number of benzene rings is 2. The highest BCUT2D eigenvalue weighted by Gasteiger charge is 2.37. The van der Waals surface area contributed by atoms with E-state index in [4.69, 9.17) is 15.2 Å². The summed E-state index contributed by atoms with van der Waals surface area (Å²) in [6, 6.07) is 12.8. The Kier molecular flexibility index (Phi) is 7.78. The van der Waals surface area contributed by atoms with E-state index in [0.29, 0.717) is 39.9 Å². The Bertz CT molecular complexity index is 1390.